The number of nitrogens with zero attached hydrogens (tertiary/aromatic N) is 1. The van der Waals surface area contributed by atoms with Crippen LogP contribution < -0.4 is 10.2 Å². The van der Waals surface area contributed by atoms with Gasteiger partial charge in [0.25, 0.3) is 5.91 Å². The van der Waals surface area contributed by atoms with Gasteiger partial charge in [-0.1, -0.05) is 82.2 Å². The number of carbonyl (C=O) groups is 2. The van der Waals surface area contributed by atoms with Gasteiger partial charge in [-0.2, -0.15) is 8.78 Å². The number of ether oxygens (including phenoxy) is 1. The van der Waals surface area contributed by atoms with Crippen LogP contribution in [0.4, 0.5) is 8.78 Å². The van der Waals surface area contributed by atoms with Crippen LogP contribution >= 0.6 is 0 Å². The van der Waals surface area contributed by atoms with Crippen LogP contribution in [-0.2, 0) is 11.2 Å². The lowest BCUT2D eigenvalue weighted by atomic mass is 9.83. The fourth-order valence-corrected chi connectivity index (χ4v) is 4.09. The molecule has 0 saturated carbocycles. The summed E-state index contributed by atoms with van der Waals surface area (Å²) in [6, 6.07) is 2.84. The molecule has 0 aromatic heterocycles. The Morgan fingerprint density at radius 2 is 1.81 bits per heavy atom. The van der Waals surface area contributed by atoms with Gasteiger partial charge in [0.1, 0.15) is 5.75 Å². The Balaban J connectivity index is 3.45. The van der Waals surface area contributed by atoms with Crippen LogP contribution in [-0.4, -0.2) is 29.5 Å². The average molecular weight is 517 g/mol. The quantitative estimate of drug-likeness (QED) is 0.178. The molecule has 2 amide bonds. The van der Waals surface area contributed by atoms with Gasteiger partial charge < -0.3 is 4.74 Å². The van der Waals surface area contributed by atoms with Crippen LogP contribution in [0.2, 0.25) is 0 Å². The minimum Gasteiger partial charge on any atom is -0.434 e. The maximum atomic E-state index is 13.5. The summed E-state index contributed by atoms with van der Waals surface area (Å²) in [6.45, 7) is 17.8. The predicted molar refractivity (Wildman–Crippen MR) is 147 cm³/mol. The second kappa shape index (κ2) is 14.5. The van der Waals surface area contributed by atoms with Crippen molar-refractivity contribution in [1.82, 2.24) is 10.4 Å². The van der Waals surface area contributed by atoms with Crippen LogP contribution in [0, 0.1) is 12.3 Å². The number of nitrogens with one attached hydrogen (secondary N) is 1. The van der Waals surface area contributed by atoms with Crippen molar-refractivity contribution < 1.29 is 23.1 Å². The lowest BCUT2D eigenvalue weighted by Crippen LogP contribution is -2.56. The monoisotopic (exact) mass is 516 g/mol. The highest BCUT2D eigenvalue weighted by molar-refractivity contribution is 5.97. The van der Waals surface area contributed by atoms with Crippen LogP contribution in [0.15, 0.2) is 60.7 Å². The summed E-state index contributed by atoms with van der Waals surface area (Å²) in [6.07, 6.45) is 8.91. The van der Waals surface area contributed by atoms with Gasteiger partial charge in [-0.3, -0.25) is 15.0 Å². The third-order valence-electron chi connectivity index (χ3n) is 6.04. The van der Waals surface area contributed by atoms with E-state index in [-0.39, 0.29) is 40.7 Å². The fraction of sp³-hybridized carbons (Fsp3) is 0.467. The van der Waals surface area contributed by atoms with Gasteiger partial charge in [0.05, 0.1) is 6.04 Å². The number of hydrogen-bond acceptors (Lipinski definition) is 3. The van der Waals surface area contributed by atoms with Crippen LogP contribution in [0.1, 0.15) is 82.3 Å². The Hall–Kier alpha value is -3.22. The molecule has 0 unspecified atom stereocenters. The normalized spacial score (nSPS) is 13.2. The first-order valence-corrected chi connectivity index (χ1v) is 12.5. The van der Waals surface area contributed by atoms with E-state index in [2.05, 4.69) is 18.6 Å². The molecule has 7 heteroatoms. The third kappa shape index (κ3) is 9.63. The molecule has 0 aliphatic heterocycles. The van der Waals surface area contributed by atoms with E-state index in [9.17, 15) is 18.4 Å². The van der Waals surface area contributed by atoms with E-state index in [4.69, 9.17) is 4.74 Å². The number of amides is 2. The summed E-state index contributed by atoms with van der Waals surface area (Å²) >= 11 is 0. The number of benzene rings is 1. The predicted octanol–water partition coefficient (Wildman–Crippen LogP) is 7.48. The smallest absolute Gasteiger partial charge is 0.387 e. The first-order valence-electron chi connectivity index (χ1n) is 12.5. The highest BCUT2D eigenvalue weighted by Crippen LogP contribution is 2.31. The Labute approximate surface area is 220 Å². The summed E-state index contributed by atoms with van der Waals surface area (Å²) in [4.78, 5) is 26.9. The molecular weight excluding hydrogens is 474 g/mol. The molecule has 0 spiro atoms. The van der Waals surface area contributed by atoms with Crippen molar-refractivity contribution in [2.45, 2.75) is 86.8 Å². The summed E-state index contributed by atoms with van der Waals surface area (Å²) < 4.78 is 31.0. The lowest BCUT2D eigenvalue weighted by molar-refractivity contribution is -0.138. The molecule has 204 valence electrons. The second-order valence-electron chi connectivity index (χ2n) is 10.2. The zero-order valence-corrected chi connectivity index (χ0v) is 23.3. The van der Waals surface area contributed by atoms with Crippen LogP contribution in [0.5, 0.6) is 5.75 Å². The molecule has 1 rings (SSSR count). The van der Waals surface area contributed by atoms with Crippen molar-refractivity contribution in [2.24, 2.45) is 5.41 Å². The molecule has 0 heterocycles. The molecule has 1 aromatic carbocycles. The van der Waals surface area contributed by atoms with Crippen LogP contribution in [0.25, 0.3) is 0 Å². The van der Waals surface area contributed by atoms with E-state index >= 15 is 0 Å². The van der Waals surface area contributed by atoms with Crippen LogP contribution in [0.3, 0.4) is 0 Å². The highest BCUT2D eigenvalue weighted by Gasteiger charge is 2.34. The fourth-order valence-electron chi connectivity index (χ4n) is 4.09. The number of hydrazine groups is 1. The lowest BCUT2D eigenvalue weighted by Gasteiger charge is -2.40. The standard InChI is InChI=1S/C30H42F2N2O3/c1-10-13-23-16-17-24(22(6)27(23)37-29(31)32)28(36)33-34(25(14-11-2)30(7,8)9)26(35)18-15-21(5)19-20(4)12-3/h10,12,15-17,19,25,29H,1,3,11,13-14,18H2,2,4-9H3,(H,33,36)/b20-19-,21-15-/t25-/m1/s1. The van der Waals surface area contributed by atoms with Crippen molar-refractivity contribution in [3.8, 4) is 5.75 Å². The molecule has 0 saturated heterocycles. The molecule has 0 fully saturated rings. The molecule has 0 radical (unpaired) electrons. The van der Waals surface area contributed by atoms with Crippen molar-refractivity contribution in [2.75, 3.05) is 0 Å². The molecule has 37 heavy (non-hydrogen) atoms. The molecule has 0 bridgehead atoms. The van der Waals surface area contributed by atoms with Crippen molar-refractivity contribution in [3.63, 3.8) is 0 Å². The molecule has 1 atom stereocenters. The van der Waals surface area contributed by atoms with E-state index in [0.29, 0.717) is 18.4 Å². The Kier molecular flexibility index (Phi) is 12.5. The maximum absolute atomic E-state index is 13.5. The number of alkyl halides is 2. The minimum atomic E-state index is -3.04. The summed E-state index contributed by atoms with van der Waals surface area (Å²) in [7, 11) is 0. The Morgan fingerprint density at radius 3 is 2.32 bits per heavy atom. The summed E-state index contributed by atoms with van der Waals surface area (Å²) in [5.41, 5.74) is 5.27. The van der Waals surface area contributed by atoms with Crippen molar-refractivity contribution in [3.05, 3.63) is 77.4 Å². The average Bonchev–Trinajstić information content (AvgIpc) is 2.81. The zero-order chi connectivity index (χ0) is 28.3. The number of rotatable bonds is 12. The number of halogens is 2. The van der Waals surface area contributed by atoms with Gasteiger partial charge >= 0.3 is 6.61 Å². The van der Waals surface area contributed by atoms with E-state index in [1.807, 2.05) is 53.7 Å². The van der Waals surface area contributed by atoms with E-state index < -0.39 is 12.5 Å². The van der Waals surface area contributed by atoms with Gasteiger partial charge in [-0.25, -0.2) is 5.01 Å². The minimum absolute atomic E-state index is 0.0516. The Bertz CT molecular complexity index is 1040. The molecule has 0 aliphatic rings. The van der Waals surface area contributed by atoms with Gasteiger partial charge in [0, 0.05) is 17.5 Å². The number of hydrogen-bond donors (Lipinski definition) is 1. The largest absolute Gasteiger partial charge is 0.434 e. The molecular formula is C30H42F2N2O3. The van der Waals surface area contributed by atoms with E-state index in [1.165, 1.54) is 5.01 Å². The van der Waals surface area contributed by atoms with Crippen molar-refractivity contribution in [1.29, 1.82) is 0 Å². The van der Waals surface area contributed by atoms with Gasteiger partial charge in [0.2, 0.25) is 5.91 Å². The van der Waals surface area contributed by atoms with Gasteiger partial charge in [-0.15, -0.1) is 6.58 Å². The SMILES string of the molecule is C=CCc1ccc(C(=O)NN(C(=O)C/C=C(C)\C=C(\C)C=C)[C@H](CCC)C(C)(C)C)c(C)c1OC(F)F. The molecule has 1 N–H and O–H groups in total. The zero-order valence-electron chi connectivity index (χ0n) is 23.3. The maximum Gasteiger partial charge on any atom is 0.387 e. The topological polar surface area (TPSA) is 58.6 Å². The van der Waals surface area contributed by atoms with Gasteiger partial charge in [-0.05, 0) is 50.7 Å². The second-order valence-corrected chi connectivity index (χ2v) is 10.2. The van der Waals surface area contributed by atoms with Gasteiger partial charge in [0.15, 0.2) is 0 Å². The first kappa shape index (κ1) is 31.8. The molecule has 5 nitrogen and oxygen atoms in total. The van der Waals surface area contributed by atoms with Crippen molar-refractivity contribution >= 4 is 11.8 Å². The van der Waals surface area contributed by atoms with E-state index in [0.717, 1.165) is 17.6 Å². The summed E-state index contributed by atoms with van der Waals surface area (Å²) in [5.74, 6) is -0.886. The molecule has 0 aliphatic carbocycles. The molecule has 1 aromatic rings. The first-order chi connectivity index (χ1) is 17.3. The number of carbonyl (C=O) groups excluding carboxylic acids is 2. The number of allylic oxidation sites excluding steroid dienone is 5. The Morgan fingerprint density at radius 1 is 1.16 bits per heavy atom. The highest BCUT2D eigenvalue weighted by atomic mass is 19.3. The third-order valence-corrected chi connectivity index (χ3v) is 6.04. The summed E-state index contributed by atoms with van der Waals surface area (Å²) in [5, 5.41) is 1.41. The van der Waals surface area contributed by atoms with E-state index in [1.54, 1.807) is 31.2 Å².